The van der Waals surface area contributed by atoms with Gasteiger partial charge in [-0.1, -0.05) is 19.1 Å². The average molecular weight is 361 g/mol. The third-order valence-electron chi connectivity index (χ3n) is 4.03. The number of carbonyl (C=O) groups is 3. The largest absolute Gasteiger partial charge is 0.344 e. The SMILES string of the molecule is CC[C@@]1(C)NC(=O)N(NC(=O)Cn2nnc(-c3cccc(F)c3)n2)C1=O. The summed E-state index contributed by atoms with van der Waals surface area (Å²) >= 11 is 0. The van der Waals surface area contributed by atoms with Crippen molar-refractivity contribution >= 4 is 17.8 Å². The van der Waals surface area contributed by atoms with Gasteiger partial charge in [0.05, 0.1) is 0 Å². The van der Waals surface area contributed by atoms with Gasteiger partial charge >= 0.3 is 6.03 Å². The van der Waals surface area contributed by atoms with E-state index in [0.29, 0.717) is 17.0 Å². The second kappa shape index (κ2) is 6.50. The number of halogens is 1. The van der Waals surface area contributed by atoms with Crippen molar-refractivity contribution in [2.45, 2.75) is 32.4 Å². The molecular formula is C15H16FN7O3. The molecule has 2 aromatic rings. The molecule has 1 fully saturated rings. The van der Waals surface area contributed by atoms with Crippen LogP contribution in [0.5, 0.6) is 0 Å². The minimum atomic E-state index is -1.06. The summed E-state index contributed by atoms with van der Waals surface area (Å²) in [6.07, 6.45) is 0.381. The molecule has 1 aliphatic heterocycles. The number of nitrogens with one attached hydrogen (secondary N) is 2. The van der Waals surface area contributed by atoms with E-state index in [1.54, 1.807) is 19.9 Å². The first-order valence-corrected chi connectivity index (χ1v) is 7.82. The molecule has 0 aliphatic carbocycles. The van der Waals surface area contributed by atoms with Crippen molar-refractivity contribution in [2.75, 3.05) is 0 Å². The number of amides is 4. The first-order chi connectivity index (χ1) is 12.3. The van der Waals surface area contributed by atoms with Crippen LogP contribution < -0.4 is 10.7 Å². The Labute approximate surface area is 147 Å². The minimum Gasteiger partial charge on any atom is -0.322 e. The highest BCUT2D eigenvalue weighted by molar-refractivity contribution is 6.07. The molecule has 0 saturated carbocycles. The number of hydrogen-bond acceptors (Lipinski definition) is 6. The van der Waals surface area contributed by atoms with Crippen molar-refractivity contribution in [2.24, 2.45) is 0 Å². The smallest absolute Gasteiger partial charge is 0.322 e. The molecule has 136 valence electrons. The number of imide groups is 1. The van der Waals surface area contributed by atoms with Crippen LogP contribution in [0.1, 0.15) is 20.3 Å². The van der Waals surface area contributed by atoms with Crippen molar-refractivity contribution in [3.05, 3.63) is 30.1 Å². The lowest BCUT2D eigenvalue weighted by Gasteiger charge is -2.19. The number of hydrogen-bond donors (Lipinski definition) is 2. The number of carbonyl (C=O) groups excluding carboxylic acids is 3. The van der Waals surface area contributed by atoms with Crippen molar-refractivity contribution in [3.8, 4) is 11.4 Å². The van der Waals surface area contributed by atoms with Gasteiger partial charge in [-0.3, -0.25) is 15.0 Å². The number of aromatic nitrogens is 4. The van der Waals surface area contributed by atoms with Gasteiger partial charge < -0.3 is 5.32 Å². The van der Waals surface area contributed by atoms with Crippen LogP contribution in [0, 0.1) is 5.82 Å². The lowest BCUT2D eigenvalue weighted by Crippen LogP contribution is -2.49. The maximum atomic E-state index is 13.2. The molecule has 0 spiro atoms. The normalized spacial score (nSPS) is 19.6. The van der Waals surface area contributed by atoms with Crippen LogP contribution in [0.2, 0.25) is 0 Å². The number of urea groups is 1. The Kier molecular flexibility index (Phi) is 4.36. The van der Waals surface area contributed by atoms with Crippen LogP contribution in [-0.4, -0.2) is 48.6 Å². The highest BCUT2D eigenvalue weighted by atomic mass is 19.1. The molecule has 1 aliphatic rings. The minimum absolute atomic E-state index is 0.144. The Morgan fingerprint density at radius 3 is 2.81 bits per heavy atom. The zero-order chi connectivity index (χ0) is 18.9. The number of nitrogens with zero attached hydrogens (tertiary/aromatic N) is 5. The molecule has 10 nitrogen and oxygen atoms in total. The monoisotopic (exact) mass is 361 g/mol. The molecule has 0 unspecified atom stereocenters. The zero-order valence-electron chi connectivity index (χ0n) is 14.1. The van der Waals surface area contributed by atoms with Crippen LogP contribution in [0.4, 0.5) is 9.18 Å². The Morgan fingerprint density at radius 2 is 2.15 bits per heavy atom. The van der Waals surface area contributed by atoms with Gasteiger partial charge in [0.2, 0.25) is 5.82 Å². The van der Waals surface area contributed by atoms with Gasteiger partial charge in [-0.2, -0.15) is 9.81 Å². The lowest BCUT2D eigenvalue weighted by atomic mass is 10.00. The number of hydrazine groups is 1. The molecule has 1 aromatic carbocycles. The van der Waals surface area contributed by atoms with E-state index >= 15 is 0 Å². The predicted octanol–water partition coefficient (Wildman–Crippen LogP) is 0.231. The molecule has 4 amide bonds. The quantitative estimate of drug-likeness (QED) is 0.735. The Hall–Kier alpha value is -3.37. The predicted molar refractivity (Wildman–Crippen MR) is 85.4 cm³/mol. The number of rotatable bonds is 5. The average Bonchev–Trinajstić information content (AvgIpc) is 3.14. The van der Waals surface area contributed by atoms with Crippen LogP contribution in [-0.2, 0) is 16.1 Å². The van der Waals surface area contributed by atoms with Crippen molar-refractivity contribution in [1.82, 2.24) is 36.0 Å². The van der Waals surface area contributed by atoms with E-state index in [4.69, 9.17) is 0 Å². The second-order valence-corrected chi connectivity index (χ2v) is 5.95. The Balaban J connectivity index is 1.66. The fourth-order valence-corrected chi connectivity index (χ4v) is 2.37. The van der Waals surface area contributed by atoms with Crippen molar-refractivity contribution in [3.63, 3.8) is 0 Å². The summed E-state index contributed by atoms with van der Waals surface area (Å²) in [6, 6.07) is 4.91. The van der Waals surface area contributed by atoms with E-state index in [0.717, 1.165) is 4.80 Å². The highest BCUT2D eigenvalue weighted by Crippen LogP contribution is 2.19. The molecular weight excluding hydrogens is 345 g/mol. The number of tetrazole rings is 1. The summed E-state index contributed by atoms with van der Waals surface area (Å²) in [7, 11) is 0. The van der Waals surface area contributed by atoms with E-state index in [9.17, 15) is 18.8 Å². The van der Waals surface area contributed by atoms with Gasteiger partial charge in [0.25, 0.3) is 11.8 Å². The summed E-state index contributed by atoms with van der Waals surface area (Å²) in [5, 5.41) is 14.6. The van der Waals surface area contributed by atoms with Crippen LogP contribution in [0.3, 0.4) is 0 Å². The van der Waals surface area contributed by atoms with Crippen LogP contribution >= 0.6 is 0 Å². The summed E-state index contributed by atoms with van der Waals surface area (Å²) in [5.74, 6) is -1.54. The van der Waals surface area contributed by atoms with Gasteiger partial charge in [-0.05, 0) is 30.7 Å². The van der Waals surface area contributed by atoms with Gasteiger partial charge in [-0.15, -0.1) is 10.2 Å². The summed E-state index contributed by atoms with van der Waals surface area (Å²) in [4.78, 5) is 37.1. The summed E-state index contributed by atoms with van der Waals surface area (Å²) in [6.45, 7) is 2.95. The molecule has 3 rings (SSSR count). The van der Waals surface area contributed by atoms with Gasteiger partial charge in [0.1, 0.15) is 17.9 Å². The van der Waals surface area contributed by atoms with Gasteiger partial charge in [0.15, 0.2) is 0 Å². The van der Waals surface area contributed by atoms with Gasteiger partial charge in [0, 0.05) is 5.56 Å². The van der Waals surface area contributed by atoms with E-state index in [1.807, 2.05) is 0 Å². The summed E-state index contributed by atoms with van der Waals surface area (Å²) < 4.78 is 13.2. The van der Waals surface area contributed by atoms with Crippen molar-refractivity contribution in [1.29, 1.82) is 0 Å². The highest BCUT2D eigenvalue weighted by Gasteiger charge is 2.47. The third kappa shape index (κ3) is 3.23. The van der Waals surface area contributed by atoms with Crippen LogP contribution in [0.15, 0.2) is 24.3 Å². The molecule has 0 bridgehead atoms. The standard InChI is InChI=1S/C15H16FN7O3/c1-3-15(2)13(25)23(14(26)17-15)19-11(24)8-22-20-12(18-21-22)9-5-4-6-10(16)7-9/h4-7H,3,8H2,1-2H3,(H,17,26)(H,19,24)/t15-/m1/s1. The van der Waals surface area contributed by atoms with Crippen molar-refractivity contribution < 1.29 is 18.8 Å². The Bertz CT molecular complexity index is 884. The Morgan fingerprint density at radius 1 is 1.38 bits per heavy atom. The topological polar surface area (TPSA) is 122 Å². The molecule has 2 heterocycles. The van der Waals surface area contributed by atoms with Gasteiger partial charge in [-0.25, -0.2) is 9.18 Å². The second-order valence-electron chi connectivity index (χ2n) is 5.95. The first kappa shape index (κ1) is 17.5. The fourth-order valence-electron chi connectivity index (χ4n) is 2.37. The van der Waals surface area contributed by atoms with E-state index in [2.05, 4.69) is 26.2 Å². The van der Waals surface area contributed by atoms with E-state index in [1.165, 1.54) is 18.2 Å². The molecule has 1 aromatic heterocycles. The van der Waals surface area contributed by atoms with Crippen LogP contribution in [0.25, 0.3) is 11.4 Å². The fraction of sp³-hybridized carbons (Fsp3) is 0.333. The zero-order valence-corrected chi connectivity index (χ0v) is 14.1. The first-order valence-electron chi connectivity index (χ1n) is 7.82. The summed E-state index contributed by atoms with van der Waals surface area (Å²) in [5.41, 5.74) is 1.57. The maximum Gasteiger partial charge on any atom is 0.344 e. The molecule has 0 radical (unpaired) electrons. The molecule has 1 saturated heterocycles. The molecule has 2 N–H and O–H groups in total. The van der Waals surface area contributed by atoms with E-state index in [-0.39, 0.29) is 12.4 Å². The lowest BCUT2D eigenvalue weighted by molar-refractivity contribution is -0.139. The third-order valence-corrected chi connectivity index (χ3v) is 4.03. The van der Waals surface area contributed by atoms with E-state index < -0.39 is 29.2 Å². The molecule has 1 atom stereocenters. The number of benzene rings is 1. The molecule has 26 heavy (non-hydrogen) atoms. The maximum absolute atomic E-state index is 13.2. The molecule has 11 heteroatoms.